The molecule has 0 atom stereocenters. The Hall–Kier alpha value is -4.18. The molecular weight excluding hydrogens is 508 g/mol. The van der Waals surface area contributed by atoms with Crippen molar-refractivity contribution in [1.29, 1.82) is 0 Å². The summed E-state index contributed by atoms with van der Waals surface area (Å²) in [4.78, 5) is 23.9. The molecule has 0 aliphatic heterocycles. The molecule has 0 saturated carbocycles. The predicted octanol–water partition coefficient (Wildman–Crippen LogP) is 9.24. The van der Waals surface area contributed by atoms with E-state index < -0.39 is 0 Å². The van der Waals surface area contributed by atoms with E-state index >= 15 is 0 Å². The van der Waals surface area contributed by atoms with E-state index in [2.05, 4.69) is 50.2 Å². The minimum atomic E-state index is -0.324. The summed E-state index contributed by atoms with van der Waals surface area (Å²) in [5.74, 6) is -0.648. The van der Waals surface area contributed by atoms with E-state index in [0.717, 1.165) is 60.8 Å². The van der Waals surface area contributed by atoms with Gasteiger partial charge in [-0.2, -0.15) is 0 Å². The van der Waals surface area contributed by atoms with Gasteiger partial charge in [0, 0.05) is 5.41 Å². The first-order valence-electron chi connectivity index (χ1n) is 14.6. The molecule has 0 spiro atoms. The van der Waals surface area contributed by atoms with Gasteiger partial charge in [-0.05, 0) is 93.7 Å². The quantitative estimate of drug-likeness (QED) is 0.186. The third-order valence-corrected chi connectivity index (χ3v) is 8.55. The highest BCUT2D eigenvalue weighted by Crippen LogP contribution is 2.55. The maximum absolute atomic E-state index is 12.0. The average molecular weight is 547 g/mol. The van der Waals surface area contributed by atoms with Crippen LogP contribution in [0.5, 0.6) is 0 Å². The van der Waals surface area contributed by atoms with Crippen molar-refractivity contribution in [2.24, 2.45) is 0 Å². The number of hydrogen-bond acceptors (Lipinski definition) is 4. The fraction of sp³-hybridized carbons (Fsp3) is 0.297. The van der Waals surface area contributed by atoms with E-state index in [0.29, 0.717) is 11.1 Å². The summed E-state index contributed by atoms with van der Waals surface area (Å²) in [6.07, 6.45) is 6.78. The van der Waals surface area contributed by atoms with Gasteiger partial charge >= 0.3 is 11.9 Å². The van der Waals surface area contributed by atoms with Crippen LogP contribution in [0.4, 0.5) is 0 Å². The summed E-state index contributed by atoms with van der Waals surface area (Å²) in [5.41, 5.74) is 11.0. The smallest absolute Gasteiger partial charge is 0.337 e. The number of carbonyl (C=O) groups excluding carboxylic acids is 2. The molecule has 41 heavy (non-hydrogen) atoms. The second-order valence-corrected chi connectivity index (χ2v) is 10.9. The third kappa shape index (κ3) is 5.31. The average Bonchev–Trinajstić information content (AvgIpc) is 3.30. The lowest BCUT2D eigenvalue weighted by atomic mass is 9.70. The summed E-state index contributed by atoms with van der Waals surface area (Å²) < 4.78 is 9.77. The Morgan fingerprint density at radius 2 is 0.927 bits per heavy atom. The largest absolute Gasteiger partial charge is 0.465 e. The Kier molecular flexibility index (Phi) is 8.39. The van der Waals surface area contributed by atoms with Crippen molar-refractivity contribution >= 4 is 11.9 Å². The van der Waals surface area contributed by atoms with E-state index in [1.165, 1.54) is 36.5 Å². The molecule has 0 heterocycles. The Bertz CT molecular complexity index is 1430. The van der Waals surface area contributed by atoms with Crippen LogP contribution in [0.25, 0.3) is 33.4 Å². The molecule has 1 aliphatic carbocycles. The molecule has 0 bridgehead atoms. The van der Waals surface area contributed by atoms with Crippen molar-refractivity contribution in [2.75, 3.05) is 14.2 Å². The summed E-state index contributed by atoms with van der Waals surface area (Å²) in [7, 11) is 2.81. The van der Waals surface area contributed by atoms with Crippen molar-refractivity contribution < 1.29 is 19.1 Å². The van der Waals surface area contributed by atoms with Crippen LogP contribution < -0.4 is 0 Å². The van der Waals surface area contributed by atoms with Crippen LogP contribution in [0, 0.1) is 0 Å². The molecule has 5 rings (SSSR count). The van der Waals surface area contributed by atoms with Crippen molar-refractivity contribution in [3.8, 4) is 33.4 Å². The zero-order valence-corrected chi connectivity index (χ0v) is 24.5. The highest BCUT2D eigenvalue weighted by molar-refractivity contribution is 5.91. The molecule has 4 aromatic carbocycles. The van der Waals surface area contributed by atoms with Crippen LogP contribution in [0.15, 0.2) is 84.9 Å². The number of hydrogen-bond donors (Lipinski definition) is 0. The summed E-state index contributed by atoms with van der Waals surface area (Å²) in [6, 6.07) is 29.1. The Morgan fingerprint density at radius 3 is 1.27 bits per heavy atom. The van der Waals surface area contributed by atoms with Crippen LogP contribution >= 0.6 is 0 Å². The number of rotatable bonds is 10. The Balaban J connectivity index is 1.62. The standard InChI is InChI=1S/C37H38O4/c1-5-7-21-37(22-8-6-2)33-23-29(25-9-13-27(14-10-25)35(38)40-3)17-19-31(33)32-20-18-30(24-34(32)37)26-11-15-28(16-12-26)36(39)41-4/h9-20,23-24H,5-8,21-22H2,1-4H3. The normalized spacial score (nSPS) is 12.9. The van der Waals surface area contributed by atoms with Crippen LogP contribution in [0.1, 0.15) is 84.2 Å². The molecule has 1 aliphatic rings. The van der Waals surface area contributed by atoms with Gasteiger partial charge in [-0.25, -0.2) is 9.59 Å². The number of esters is 2. The van der Waals surface area contributed by atoms with Gasteiger partial charge in [0.15, 0.2) is 0 Å². The molecule has 0 N–H and O–H groups in total. The van der Waals surface area contributed by atoms with E-state index in [1.807, 2.05) is 48.5 Å². The zero-order valence-electron chi connectivity index (χ0n) is 24.5. The van der Waals surface area contributed by atoms with Crippen LogP contribution in [0.3, 0.4) is 0 Å². The number of benzene rings is 4. The minimum Gasteiger partial charge on any atom is -0.465 e. The summed E-state index contributed by atoms with van der Waals surface area (Å²) in [5, 5.41) is 0. The van der Waals surface area contributed by atoms with E-state index in [-0.39, 0.29) is 17.4 Å². The van der Waals surface area contributed by atoms with E-state index in [1.54, 1.807) is 0 Å². The van der Waals surface area contributed by atoms with Crippen LogP contribution in [-0.2, 0) is 14.9 Å². The molecule has 0 radical (unpaired) electrons. The number of carbonyl (C=O) groups is 2. The van der Waals surface area contributed by atoms with Gasteiger partial charge in [-0.15, -0.1) is 0 Å². The first kappa shape index (κ1) is 28.4. The number of ether oxygens (including phenoxy) is 2. The van der Waals surface area contributed by atoms with Gasteiger partial charge in [-0.3, -0.25) is 0 Å². The molecule has 4 heteroatoms. The maximum atomic E-state index is 12.0. The second-order valence-electron chi connectivity index (χ2n) is 10.9. The Labute approximate surface area is 243 Å². The first-order valence-corrected chi connectivity index (χ1v) is 14.6. The minimum absolute atomic E-state index is 0.0688. The third-order valence-electron chi connectivity index (χ3n) is 8.55. The SMILES string of the molecule is CCCCC1(CCCC)c2cc(-c3ccc(C(=O)OC)cc3)ccc2-c2ccc(-c3ccc(C(=O)OC)cc3)cc21. The lowest BCUT2D eigenvalue weighted by molar-refractivity contribution is 0.0592. The van der Waals surface area contributed by atoms with Crippen molar-refractivity contribution in [1.82, 2.24) is 0 Å². The molecule has 0 amide bonds. The number of methoxy groups -OCH3 is 2. The first-order chi connectivity index (χ1) is 19.9. The van der Waals surface area contributed by atoms with Crippen LogP contribution in [0.2, 0.25) is 0 Å². The zero-order chi connectivity index (χ0) is 29.0. The molecule has 0 unspecified atom stereocenters. The fourth-order valence-corrected chi connectivity index (χ4v) is 6.31. The highest BCUT2D eigenvalue weighted by atomic mass is 16.5. The molecule has 0 saturated heterocycles. The molecule has 210 valence electrons. The fourth-order valence-electron chi connectivity index (χ4n) is 6.31. The number of unbranched alkanes of at least 4 members (excludes halogenated alkanes) is 2. The van der Waals surface area contributed by atoms with Gasteiger partial charge in [0.05, 0.1) is 25.3 Å². The molecule has 0 aromatic heterocycles. The highest BCUT2D eigenvalue weighted by Gasteiger charge is 2.42. The topological polar surface area (TPSA) is 52.6 Å². The molecule has 4 nitrogen and oxygen atoms in total. The monoisotopic (exact) mass is 546 g/mol. The van der Waals surface area contributed by atoms with E-state index in [4.69, 9.17) is 9.47 Å². The summed E-state index contributed by atoms with van der Waals surface area (Å²) >= 11 is 0. The predicted molar refractivity (Wildman–Crippen MR) is 165 cm³/mol. The van der Waals surface area contributed by atoms with Crippen molar-refractivity contribution in [3.63, 3.8) is 0 Å². The van der Waals surface area contributed by atoms with Gasteiger partial charge in [0.1, 0.15) is 0 Å². The summed E-state index contributed by atoms with van der Waals surface area (Å²) in [6.45, 7) is 4.53. The molecule has 4 aromatic rings. The maximum Gasteiger partial charge on any atom is 0.337 e. The lowest BCUT2D eigenvalue weighted by Gasteiger charge is -2.33. The van der Waals surface area contributed by atoms with E-state index in [9.17, 15) is 9.59 Å². The second kappa shape index (κ2) is 12.1. The van der Waals surface area contributed by atoms with Crippen molar-refractivity contribution in [3.05, 3.63) is 107 Å². The van der Waals surface area contributed by atoms with Gasteiger partial charge in [0.2, 0.25) is 0 Å². The van der Waals surface area contributed by atoms with Crippen molar-refractivity contribution in [2.45, 2.75) is 57.8 Å². The van der Waals surface area contributed by atoms with Gasteiger partial charge in [-0.1, -0.05) is 88.1 Å². The number of fused-ring (bicyclic) bond motifs is 3. The lowest BCUT2D eigenvalue weighted by Crippen LogP contribution is -2.25. The molecule has 0 fully saturated rings. The van der Waals surface area contributed by atoms with Crippen LogP contribution in [-0.4, -0.2) is 26.2 Å². The Morgan fingerprint density at radius 1 is 0.561 bits per heavy atom. The van der Waals surface area contributed by atoms with Gasteiger partial charge in [0.25, 0.3) is 0 Å². The molecular formula is C37H38O4. The van der Waals surface area contributed by atoms with Gasteiger partial charge < -0.3 is 9.47 Å².